The van der Waals surface area contributed by atoms with Crippen molar-refractivity contribution in [2.24, 2.45) is 0 Å². The van der Waals surface area contributed by atoms with Gasteiger partial charge in [0.25, 0.3) is 5.91 Å². The molecule has 2 atom stereocenters. The fraction of sp³-hybridized carbons (Fsp3) is 0.316. The van der Waals surface area contributed by atoms with E-state index in [-0.39, 0.29) is 16.4 Å². The average Bonchev–Trinajstić information content (AvgIpc) is 2.95. The van der Waals surface area contributed by atoms with Gasteiger partial charge in [0.05, 0.1) is 23.1 Å². The van der Waals surface area contributed by atoms with Gasteiger partial charge in [0.1, 0.15) is 17.7 Å². The number of pyridine rings is 1. The SMILES string of the molecule is Cc1cc(C(F)(F)F)cc(N2C(=O)CC(O)C2C(=O)N(C)c2ccc(F)c(Cl)c2)n1. The molecule has 1 aliphatic heterocycles. The van der Waals surface area contributed by atoms with Gasteiger partial charge in [0.15, 0.2) is 0 Å². The summed E-state index contributed by atoms with van der Waals surface area (Å²) in [6.45, 7) is 1.32. The van der Waals surface area contributed by atoms with Crippen LogP contribution in [0.3, 0.4) is 0 Å². The number of hydrogen-bond donors (Lipinski definition) is 1. The van der Waals surface area contributed by atoms with Crippen molar-refractivity contribution >= 4 is 34.9 Å². The van der Waals surface area contributed by atoms with Crippen LogP contribution in [-0.4, -0.2) is 41.1 Å². The van der Waals surface area contributed by atoms with Crippen molar-refractivity contribution in [1.29, 1.82) is 0 Å². The van der Waals surface area contributed by atoms with Crippen molar-refractivity contribution in [3.8, 4) is 0 Å². The van der Waals surface area contributed by atoms with Crippen molar-refractivity contribution < 1.29 is 32.3 Å². The van der Waals surface area contributed by atoms with Crippen molar-refractivity contribution in [2.75, 3.05) is 16.8 Å². The zero-order chi connectivity index (χ0) is 22.4. The molecule has 1 N–H and O–H groups in total. The number of likely N-dealkylation sites (N-methyl/N-ethyl adjacent to an activating group) is 1. The molecule has 6 nitrogen and oxygen atoms in total. The van der Waals surface area contributed by atoms with Crippen LogP contribution in [0.25, 0.3) is 0 Å². The molecule has 2 amide bonds. The van der Waals surface area contributed by atoms with Gasteiger partial charge in [-0.25, -0.2) is 9.37 Å². The highest BCUT2D eigenvalue weighted by Crippen LogP contribution is 2.35. The van der Waals surface area contributed by atoms with E-state index >= 15 is 0 Å². The molecule has 1 aromatic carbocycles. The van der Waals surface area contributed by atoms with Crippen LogP contribution in [0.4, 0.5) is 29.1 Å². The topological polar surface area (TPSA) is 73.7 Å². The van der Waals surface area contributed by atoms with Gasteiger partial charge in [0, 0.05) is 18.4 Å². The highest BCUT2D eigenvalue weighted by Gasteiger charge is 2.47. The molecule has 2 heterocycles. The summed E-state index contributed by atoms with van der Waals surface area (Å²) < 4.78 is 53.0. The Morgan fingerprint density at radius 3 is 2.57 bits per heavy atom. The van der Waals surface area contributed by atoms with Gasteiger partial charge >= 0.3 is 6.18 Å². The van der Waals surface area contributed by atoms with Crippen LogP contribution >= 0.6 is 11.6 Å². The number of alkyl halides is 3. The number of rotatable bonds is 3. The van der Waals surface area contributed by atoms with Crippen LogP contribution in [0.1, 0.15) is 17.7 Å². The molecule has 3 rings (SSSR count). The van der Waals surface area contributed by atoms with Crippen LogP contribution < -0.4 is 9.80 Å². The Morgan fingerprint density at radius 2 is 1.97 bits per heavy atom. The number of nitrogens with zero attached hydrogens (tertiary/aromatic N) is 3. The summed E-state index contributed by atoms with van der Waals surface area (Å²) in [4.78, 5) is 31.2. The van der Waals surface area contributed by atoms with Gasteiger partial charge in [0.2, 0.25) is 5.91 Å². The lowest BCUT2D eigenvalue weighted by Crippen LogP contribution is -2.50. The molecule has 0 aliphatic carbocycles. The average molecular weight is 446 g/mol. The summed E-state index contributed by atoms with van der Waals surface area (Å²) in [5.41, 5.74) is -0.881. The normalized spacial score (nSPS) is 19.3. The second-order valence-corrected chi connectivity index (χ2v) is 7.24. The van der Waals surface area contributed by atoms with E-state index in [4.69, 9.17) is 11.6 Å². The largest absolute Gasteiger partial charge is 0.416 e. The Labute approximate surface area is 173 Å². The van der Waals surface area contributed by atoms with Crippen molar-refractivity contribution in [1.82, 2.24) is 4.98 Å². The quantitative estimate of drug-likeness (QED) is 0.735. The second-order valence-electron chi connectivity index (χ2n) is 6.83. The lowest BCUT2D eigenvalue weighted by molar-refractivity contribution is -0.137. The van der Waals surface area contributed by atoms with Gasteiger partial charge in [-0.2, -0.15) is 13.2 Å². The number of aromatic nitrogens is 1. The third-order valence-electron chi connectivity index (χ3n) is 4.68. The number of benzene rings is 1. The fourth-order valence-electron chi connectivity index (χ4n) is 3.22. The molecule has 1 fully saturated rings. The van der Waals surface area contributed by atoms with Crippen LogP contribution in [0.2, 0.25) is 5.02 Å². The van der Waals surface area contributed by atoms with E-state index in [1.165, 1.54) is 26.1 Å². The van der Waals surface area contributed by atoms with E-state index in [1.807, 2.05) is 0 Å². The Balaban J connectivity index is 2.01. The molecule has 2 aromatic rings. The van der Waals surface area contributed by atoms with Crippen molar-refractivity contribution in [3.63, 3.8) is 0 Å². The zero-order valence-electron chi connectivity index (χ0n) is 15.7. The minimum Gasteiger partial charge on any atom is -0.390 e. The summed E-state index contributed by atoms with van der Waals surface area (Å²) in [7, 11) is 1.31. The number of anilines is 2. The first-order chi connectivity index (χ1) is 13.9. The Morgan fingerprint density at radius 1 is 1.30 bits per heavy atom. The smallest absolute Gasteiger partial charge is 0.390 e. The highest BCUT2D eigenvalue weighted by molar-refractivity contribution is 6.31. The number of aryl methyl sites for hydroxylation is 1. The molecule has 0 radical (unpaired) electrons. The third kappa shape index (κ3) is 4.10. The molecule has 0 bridgehead atoms. The first kappa shape index (κ1) is 22.0. The summed E-state index contributed by atoms with van der Waals surface area (Å²) in [6.07, 6.45) is -6.63. The van der Waals surface area contributed by atoms with Gasteiger partial charge in [-0.15, -0.1) is 0 Å². The first-order valence-electron chi connectivity index (χ1n) is 8.68. The Hall–Kier alpha value is -2.72. The first-order valence-corrected chi connectivity index (χ1v) is 9.06. The van der Waals surface area contributed by atoms with E-state index in [1.54, 1.807) is 0 Å². The molecule has 2 unspecified atom stereocenters. The zero-order valence-corrected chi connectivity index (χ0v) is 16.5. The molecular formula is C19H16ClF4N3O3. The van der Waals surface area contributed by atoms with E-state index in [2.05, 4.69) is 4.98 Å². The van der Waals surface area contributed by atoms with Gasteiger partial charge in [-0.1, -0.05) is 11.6 Å². The minimum absolute atomic E-state index is 0.0149. The second kappa shape index (κ2) is 7.84. The maximum Gasteiger partial charge on any atom is 0.416 e. The molecule has 1 aliphatic rings. The van der Waals surface area contributed by atoms with Crippen LogP contribution in [0, 0.1) is 12.7 Å². The van der Waals surface area contributed by atoms with Crippen molar-refractivity contribution in [3.05, 3.63) is 52.4 Å². The summed E-state index contributed by atoms with van der Waals surface area (Å²) >= 11 is 5.73. The molecular weight excluding hydrogens is 430 g/mol. The molecule has 1 aromatic heterocycles. The molecule has 1 saturated heterocycles. The number of halogens is 5. The molecule has 0 saturated carbocycles. The maximum atomic E-state index is 13.4. The predicted molar refractivity (Wildman–Crippen MR) is 101 cm³/mol. The molecule has 11 heteroatoms. The summed E-state index contributed by atoms with van der Waals surface area (Å²) in [5.74, 6) is -2.65. The van der Waals surface area contributed by atoms with Crippen LogP contribution in [0.15, 0.2) is 30.3 Å². The maximum absolute atomic E-state index is 13.4. The lowest BCUT2D eigenvalue weighted by Gasteiger charge is -2.29. The Kier molecular flexibility index (Phi) is 5.74. The number of carbonyl (C=O) groups excluding carboxylic acids is 2. The van der Waals surface area contributed by atoms with Gasteiger partial charge in [-0.3, -0.25) is 14.5 Å². The predicted octanol–water partition coefficient (Wildman–Crippen LogP) is 3.33. The van der Waals surface area contributed by atoms with Crippen LogP contribution in [-0.2, 0) is 15.8 Å². The minimum atomic E-state index is -4.69. The third-order valence-corrected chi connectivity index (χ3v) is 4.97. The van der Waals surface area contributed by atoms with Gasteiger partial charge < -0.3 is 10.0 Å². The monoisotopic (exact) mass is 445 g/mol. The number of aliphatic hydroxyl groups excluding tert-OH is 1. The van der Waals surface area contributed by atoms with Crippen molar-refractivity contribution in [2.45, 2.75) is 31.7 Å². The standard InChI is InChI=1S/C19H16ClF4N3O3/c1-9-5-10(19(22,23)24)6-15(25-9)27-16(29)8-14(28)17(27)18(30)26(2)11-3-4-13(21)12(20)7-11/h3-7,14,17,28H,8H2,1-2H3. The number of amides is 2. The van der Waals surface area contributed by atoms with E-state index < -0.39 is 53.8 Å². The highest BCUT2D eigenvalue weighted by atomic mass is 35.5. The fourth-order valence-corrected chi connectivity index (χ4v) is 3.39. The molecule has 0 spiro atoms. The Bertz CT molecular complexity index is 1020. The van der Waals surface area contributed by atoms with E-state index in [0.29, 0.717) is 6.07 Å². The van der Waals surface area contributed by atoms with E-state index in [0.717, 1.165) is 21.9 Å². The van der Waals surface area contributed by atoms with Gasteiger partial charge in [-0.05, 0) is 37.3 Å². The molecule has 160 valence electrons. The number of hydrogen-bond acceptors (Lipinski definition) is 4. The summed E-state index contributed by atoms with van der Waals surface area (Å²) in [6, 6.07) is 3.42. The van der Waals surface area contributed by atoms with Crippen LogP contribution in [0.5, 0.6) is 0 Å². The number of aliphatic hydroxyl groups is 1. The number of carbonyl (C=O) groups is 2. The molecule has 30 heavy (non-hydrogen) atoms. The van der Waals surface area contributed by atoms with E-state index in [9.17, 15) is 32.3 Å². The lowest BCUT2D eigenvalue weighted by atomic mass is 10.1. The summed E-state index contributed by atoms with van der Waals surface area (Å²) in [5, 5.41) is 10.1.